The zero-order valence-corrected chi connectivity index (χ0v) is 13.8. The SMILES string of the molecule is CCC(=O)C(NC(=O)CC1(C)CCCCC1)C(C)(C)C. The molecule has 1 aliphatic carbocycles. The van der Waals surface area contributed by atoms with Crippen LogP contribution in [0.4, 0.5) is 0 Å². The van der Waals surface area contributed by atoms with E-state index in [2.05, 4.69) is 12.2 Å². The number of ketones is 1. The van der Waals surface area contributed by atoms with E-state index in [1.54, 1.807) is 0 Å². The summed E-state index contributed by atoms with van der Waals surface area (Å²) >= 11 is 0. The number of hydrogen-bond acceptors (Lipinski definition) is 2. The summed E-state index contributed by atoms with van der Waals surface area (Å²) in [5.41, 5.74) is -0.101. The van der Waals surface area contributed by atoms with Gasteiger partial charge in [-0.3, -0.25) is 9.59 Å². The van der Waals surface area contributed by atoms with Crippen molar-refractivity contribution >= 4 is 11.7 Å². The van der Waals surface area contributed by atoms with E-state index in [-0.39, 0.29) is 28.6 Å². The van der Waals surface area contributed by atoms with Gasteiger partial charge in [-0.25, -0.2) is 0 Å². The number of Topliss-reactive ketones (excluding diaryl/α,β-unsaturated/α-hetero) is 1. The molecule has 116 valence electrons. The van der Waals surface area contributed by atoms with Crippen LogP contribution in [0, 0.1) is 10.8 Å². The topological polar surface area (TPSA) is 46.2 Å². The van der Waals surface area contributed by atoms with Gasteiger partial charge in [0.15, 0.2) is 5.78 Å². The summed E-state index contributed by atoms with van der Waals surface area (Å²) in [6.07, 6.45) is 7.01. The van der Waals surface area contributed by atoms with Crippen LogP contribution >= 0.6 is 0 Å². The standard InChI is InChI=1S/C17H31NO2/c1-6-13(19)15(16(2,3)4)18-14(20)12-17(5)10-8-7-9-11-17/h15H,6-12H2,1-5H3,(H,18,20). The van der Waals surface area contributed by atoms with E-state index < -0.39 is 0 Å². The van der Waals surface area contributed by atoms with E-state index in [1.165, 1.54) is 19.3 Å². The van der Waals surface area contributed by atoms with Crippen molar-refractivity contribution in [1.82, 2.24) is 5.32 Å². The van der Waals surface area contributed by atoms with Crippen LogP contribution in [0.15, 0.2) is 0 Å². The predicted molar refractivity (Wildman–Crippen MR) is 82.5 cm³/mol. The zero-order chi connectivity index (χ0) is 15.4. The minimum Gasteiger partial charge on any atom is -0.346 e. The molecule has 0 aromatic carbocycles. The Morgan fingerprint density at radius 3 is 2.15 bits per heavy atom. The van der Waals surface area contributed by atoms with Crippen LogP contribution in [0.5, 0.6) is 0 Å². The fourth-order valence-electron chi connectivity index (χ4n) is 3.17. The van der Waals surface area contributed by atoms with E-state index in [0.29, 0.717) is 12.8 Å². The van der Waals surface area contributed by atoms with Gasteiger partial charge in [-0.15, -0.1) is 0 Å². The number of amides is 1. The normalized spacial score (nSPS) is 20.2. The second-order valence-corrected chi connectivity index (χ2v) is 7.73. The summed E-state index contributed by atoms with van der Waals surface area (Å²) in [6.45, 7) is 10.1. The Labute approximate surface area is 123 Å². The van der Waals surface area contributed by atoms with Crippen LogP contribution in [0.25, 0.3) is 0 Å². The summed E-state index contributed by atoms with van der Waals surface area (Å²) in [4.78, 5) is 24.4. The number of carbonyl (C=O) groups excluding carboxylic acids is 2. The second kappa shape index (κ2) is 6.73. The minimum absolute atomic E-state index is 0.0381. The molecule has 1 aliphatic rings. The average Bonchev–Trinajstić information content (AvgIpc) is 2.34. The first kappa shape index (κ1) is 17.2. The Morgan fingerprint density at radius 2 is 1.70 bits per heavy atom. The van der Waals surface area contributed by atoms with Gasteiger partial charge in [0.05, 0.1) is 6.04 Å². The lowest BCUT2D eigenvalue weighted by molar-refractivity contribution is -0.131. The van der Waals surface area contributed by atoms with E-state index in [4.69, 9.17) is 0 Å². The number of nitrogens with one attached hydrogen (secondary N) is 1. The fourth-order valence-corrected chi connectivity index (χ4v) is 3.17. The van der Waals surface area contributed by atoms with Crippen molar-refractivity contribution in [2.75, 3.05) is 0 Å². The number of hydrogen-bond donors (Lipinski definition) is 1. The quantitative estimate of drug-likeness (QED) is 0.831. The highest BCUT2D eigenvalue weighted by atomic mass is 16.2. The Kier molecular flexibility index (Phi) is 5.79. The molecule has 0 aliphatic heterocycles. The van der Waals surface area contributed by atoms with Gasteiger partial charge in [-0.05, 0) is 23.7 Å². The lowest BCUT2D eigenvalue weighted by Gasteiger charge is -2.35. The molecular weight excluding hydrogens is 250 g/mol. The summed E-state index contributed by atoms with van der Waals surface area (Å²) in [7, 11) is 0. The Hall–Kier alpha value is -0.860. The summed E-state index contributed by atoms with van der Waals surface area (Å²) in [5.74, 6) is 0.163. The van der Waals surface area contributed by atoms with Crippen molar-refractivity contribution in [1.29, 1.82) is 0 Å². The Bertz CT molecular complexity index is 348. The van der Waals surface area contributed by atoms with E-state index in [9.17, 15) is 9.59 Å². The second-order valence-electron chi connectivity index (χ2n) is 7.73. The molecule has 0 spiro atoms. The molecule has 20 heavy (non-hydrogen) atoms. The highest BCUT2D eigenvalue weighted by Gasteiger charge is 2.34. The maximum Gasteiger partial charge on any atom is 0.221 e. The first-order chi connectivity index (χ1) is 9.18. The van der Waals surface area contributed by atoms with Crippen molar-refractivity contribution in [2.45, 2.75) is 85.6 Å². The largest absolute Gasteiger partial charge is 0.346 e. The molecule has 0 aromatic rings. The van der Waals surface area contributed by atoms with Crippen molar-refractivity contribution in [3.63, 3.8) is 0 Å². The molecule has 3 heteroatoms. The molecule has 0 saturated heterocycles. The molecule has 1 amide bonds. The lowest BCUT2D eigenvalue weighted by atomic mass is 9.73. The summed E-state index contributed by atoms with van der Waals surface area (Å²) < 4.78 is 0. The molecule has 3 nitrogen and oxygen atoms in total. The minimum atomic E-state index is -0.368. The molecule has 1 N–H and O–H groups in total. The molecule has 1 rings (SSSR count). The average molecular weight is 281 g/mol. The molecule has 0 radical (unpaired) electrons. The molecule has 1 atom stereocenters. The number of carbonyl (C=O) groups is 2. The van der Waals surface area contributed by atoms with Crippen LogP contribution < -0.4 is 5.32 Å². The van der Waals surface area contributed by atoms with Gasteiger partial charge in [0.2, 0.25) is 5.91 Å². The molecular formula is C17H31NO2. The van der Waals surface area contributed by atoms with Crippen LogP contribution in [0.3, 0.4) is 0 Å². The van der Waals surface area contributed by atoms with E-state index in [0.717, 1.165) is 12.8 Å². The van der Waals surface area contributed by atoms with Gasteiger partial charge in [-0.2, -0.15) is 0 Å². The first-order valence-electron chi connectivity index (χ1n) is 8.00. The molecule has 0 aromatic heterocycles. The van der Waals surface area contributed by atoms with Crippen LogP contribution in [0.1, 0.15) is 79.6 Å². The Morgan fingerprint density at radius 1 is 1.15 bits per heavy atom. The van der Waals surface area contributed by atoms with Crippen LogP contribution in [-0.4, -0.2) is 17.7 Å². The molecule has 1 unspecified atom stereocenters. The zero-order valence-electron chi connectivity index (χ0n) is 13.8. The van der Waals surface area contributed by atoms with Gasteiger partial charge in [0.25, 0.3) is 0 Å². The van der Waals surface area contributed by atoms with Crippen molar-refractivity contribution < 1.29 is 9.59 Å². The monoisotopic (exact) mass is 281 g/mol. The fraction of sp³-hybridized carbons (Fsp3) is 0.882. The third-order valence-corrected chi connectivity index (χ3v) is 4.49. The number of rotatable bonds is 5. The van der Waals surface area contributed by atoms with Gasteiger partial charge < -0.3 is 5.32 Å². The van der Waals surface area contributed by atoms with Crippen LogP contribution in [0.2, 0.25) is 0 Å². The van der Waals surface area contributed by atoms with E-state index in [1.807, 2.05) is 27.7 Å². The Balaban J connectivity index is 2.64. The highest BCUT2D eigenvalue weighted by molar-refractivity contribution is 5.89. The van der Waals surface area contributed by atoms with Crippen molar-refractivity contribution in [3.05, 3.63) is 0 Å². The van der Waals surface area contributed by atoms with Gasteiger partial charge in [-0.1, -0.05) is 53.9 Å². The maximum atomic E-state index is 12.3. The maximum absolute atomic E-state index is 12.3. The third-order valence-electron chi connectivity index (χ3n) is 4.49. The summed E-state index contributed by atoms with van der Waals surface area (Å²) in [6, 6.07) is -0.368. The molecule has 0 heterocycles. The van der Waals surface area contributed by atoms with E-state index >= 15 is 0 Å². The molecule has 1 saturated carbocycles. The lowest BCUT2D eigenvalue weighted by Crippen LogP contribution is -2.49. The highest BCUT2D eigenvalue weighted by Crippen LogP contribution is 2.38. The first-order valence-corrected chi connectivity index (χ1v) is 8.00. The summed E-state index contributed by atoms with van der Waals surface area (Å²) in [5, 5.41) is 2.99. The van der Waals surface area contributed by atoms with Gasteiger partial charge in [0, 0.05) is 12.8 Å². The molecule has 1 fully saturated rings. The third kappa shape index (κ3) is 4.92. The van der Waals surface area contributed by atoms with Crippen molar-refractivity contribution in [3.8, 4) is 0 Å². The predicted octanol–water partition coefficient (Wildman–Crippen LogP) is 3.86. The van der Waals surface area contributed by atoms with Crippen LogP contribution in [-0.2, 0) is 9.59 Å². The van der Waals surface area contributed by atoms with Gasteiger partial charge >= 0.3 is 0 Å². The smallest absolute Gasteiger partial charge is 0.221 e. The van der Waals surface area contributed by atoms with Gasteiger partial charge in [0.1, 0.15) is 0 Å². The molecule has 0 bridgehead atoms. The van der Waals surface area contributed by atoms with Crippen molar-refractivity contribution in [2.24, 2.45) is 10.8 Å².